The number of rotatable bonds is 8. The van der Waals surface area contributed by atoms with Gasteiger partial charge in [-0.1, -0.05) is 0 Å². The van der Waals surface area contributed by atoms with E-state index in [9.17, 15) is 14.9 Å². The number of nitro groups is 1. The topological polar surface area (TPSA) is 80.8 Å². The molecule has 8 nitrogen and oxygen atoms in total. The third-order valence-electron chi connectivity index (χ3n) is 5.80. The second-order valence-electron chi connectivity index (χ2n) is 7.92. The number of benzene rings is 1. The first kappa shape index (κ1) is 22.0. The number of aryl methyl sites for hydroxylation is 1. The van der Waals surface area contributed by atoms with E-state index in [2.05, 4.69) is 21.3 Å². The van der Waals surface area contributed by atoms with Crippen LogP contribution in [0, 0.1) is 24.0 Å². The molecule has 2 aromatic rings. The first-order valence-electron chi connectivity index (χ1n) is 10.2. The Kier molecular flexibility index (Phi) is 6.89. The van der Waals surface area contributed by atoms with Crippen molar-refractivity contribution < 1.29 is 14.5 Å². The number of aromatic nitrogens is 1. The molecule has 0 bridgehead atoms. The lowest BCUT2D eigenvalue weighted by atomic mass is 10.1. The molecule has 1 atom stereocenters. The van der Waals surface area contributed by atoms with Crippen molar-refractivity contribution in [2.24, 2.45) is 0 Å². The van der Waals surface area contributed by atoms with Gasteiger partial charge in [0.1, 0.15) is 0 Å². The van der Waals surface area contributed by atoms with Crippen LogP contribution >= 0.6 is 0 Å². The average Bonchev–Trinajstić information content (AvgIpc) is 3.03. The summed E-state index contributed by atoms with van der Waals surface area (Å²) in [6, 6.07) is 8.81. The highest BCUT2D eigenvalue weighted by Gasteiger charge is 2.23. The standard InChI is InChI=1S/C22H30N4O4/c1-16-13-21(18(3)25(16)17(2)15-30-4)22(27)14-23-9-11-24(12-10-23)19-5-7-20(8-6-19)26(28)29/h5-8,13,17H,9-12,14-15H2,1-4H3/t17-/m1/s1. The maximum Gasteiger partial charge on any atom is 0.269 e. The molecule has 2 heterocycles. The zero-order valence-electron chi connectivity index (χ0n) is 18.1. The monoisotopic (exact) mass is 414 g/mol. The van der Waals surface area contributed by atoms with Crippen LogP contribution in [0.15, 0.2) is 30.3 Å². The summed E-state index contributed by atoms with van der Waals surface area (Å²) in [6.45, 7) is 10.3. The lowest BCUT2D eigenvalue weighted by molar-refractivity contribution is -0.384. The Labute approximate surface area is 177 Å². The first-order valence-corrected chi connectivity index (χ1v) is 10.2. The Morgan fingerprint density at radius 3 is 2.37 bits per heavy atom. The number of ketones is 1. The fourth-order valence-electron chi connectivity index (χ4n) is 4.29. The largest absolute Gasteiger partial charge is 0.383 e. The minimum atomic E-state index is -0.389. The highest BCUT2D eigenvalue weighted by Crippen LogP contribution is 2.23. The van der Waals surface area contributed by atoms with E-state index in [0.29, 0.717) is 13.2 Å². The summed E-state index contributed by atoms with van der Waals surface area (Å²) < 4.78 is 7.44. The van der Waals surface area contributed by atoms with E-state index in [0.717, 1.165) is 48.8 Å². The summed E-state index contributed by atoms with van der Waals surface area (Å²) in [7, 11) is 1.69. The lowest BCUT2D eigenvalue weighted by Gasteiger charge is -2.35. The molecule has 0 amide bonds. The molecule has 1 fully saturated rings. The van der Waals surface area contributed by atoms with E-state index in [4.69, 9.17) is 4.74 Å². The van der Waals surface area contributed by atoms with Gasteiger partial charge in [0.05, 0.1) is 24.1 Å². The smallest absolute Gasteiger partial charge is 0.269 e. The predicted molar refractivity (Wildman–Crippen MR) is 117 cm³/mol. The number of non-ortho nitro benzene ring substituents is 1. The number of anilines is 1. The molecule has 0 aliphatic carbocycles. The number of Topliss-reactive ketones (excluding diaryl/α,β-unsaturated/α-hetero) is 1. The van der Waals surface area contributed by atoms with Crippen LogP contribution in [0.2, 0.25) is 0 Å². The van der Waals surface area contributed by atoms with Crippen LogP contribution in [0.5, 0.6) is 0 Å². The molecule has 1 aliphatic rings. The van der Waals surface area contributed by atoms with Crippen molar-refractivity contribution >= 4 is 17.2 Å². The van der Waals surface area contributed by atoms with Crippen LogP contribution in [0.4, 0.5) is 11.4 Å². The van der Waals surface area contributed by atoms with Gasteiger partial charge in [-0.3, -0.25) is 19.8 Å². The van der Waals surface area contributed by atoms with Gasteiger partial charge in [0, 0.05) is 68.1 Å². The second-order valence-corrected chi connectivity index (χ2v) is 7.92. The number of nitrogens with zero attached hydrogens (tertiary/aromatic N) is 4. The molecule has 30 heavy (non-hydrogen) atoms. The van der Waals surface area contributed by atoms with E-state index >= 15 is 0 Å². The molecule has 1 saturated heterocycles. The van der Waals surface area contributed by atoms with Crippen molar-refractivity contribution in [3.8, 4) is 0 Å². The van der Waals surface area contributed by atoms with Crippen LogP contribution in [-0.2, 0) is 4.74 Å². The predicted octanol–water partition coefficient (Wildman–Crippen LogP) is 3.23. The molecule has 0 radical (unpaired) electrons. The van der Waals surface area contributed by atoms with Crippen LogP contribution in [0.1, 0.15) is 34.7 Å². The minimum Gasteiger partial charge on any atom is -0.383 e. The highest BCUT2D eigenvalue weighted by atomic mass is 16.6. The zero-order valence-corrected chi connectivity index (χ0v) is 18.1. The Morgan fingerprint density at radius 2 is 1.80 bits per heavy atom. The Morgan fingerprint density at radius 1 is 1.17 bits per heavy atom. The summed E-state index contributed by atoms with van der Waals surface area (Å²) >= 11 is 0. The molecule has 0 saturated carbocycles. The molecule has 1 aliphatic heterocycles. The molecule has 0 spiro atoms. The van der Waals surface area contributed by atoms with Gasteiger partial charge in [-0.2, -0.15) is 0 Å². The number of hydrogen-bond donors (Lipinski definition) is 0. The quantitative estimate of drug-likeness (QED) is 0.375. The van der Waals surface area contributed by atoms with Crippen LogP contribution in [0.3, 0.4) is 0 Å². The van der Waals surface area contributed by atoms with Gasteiger partial charge in [0.2, 0.25) is 0 Å². The molecule has 3 rings (SSSR count). The third kappa shape index (κ3) is 4.71. The Balaban J connectivity index is 1.59. The molecular weight excluding hydrogens is 384 g/mol. The van der Waals surface area contributed by atoms with Crippen molar-refractivity contribution in [3.63, 3.8) is 0 Å². The number of ether oxygens (including phenoxy) is 1. The van der Waals surface area contributed by atoms with Gasteiger partial charge in [0.25, 0.3) is 5.69 Å². The van der Waals surface area contributed by atoms with Crippen LogP contribution in [0.25, 0.3) is 0 Å². The van der Waals surface area contributed by atoms with E-state index in [1.54, 1.807) is 19.2 Å². The number of carbonyl (C=O) groups is 1. The number of carbonyl (C=O) groups excluding carboxylic acids is 1. The van der Waals surface area contributed by atoms with Crippen molar-refractivity contribution in [1.29, 1.82) is 0 Å². The maximum atomic E-state index is 13.0. The van der Waals surface area contributed by atoms with Gasteiger partial charge in [-0.05, 0) is 39.0 Å². The zero-order chi connectivity index (χ0) is 21.8. The van der Waals surface area contributed by atoms with Crippen molar-refractivity contribution in [3.05, 3.63) is 57.4 Å². The molecule has 8 heteroatoms. The number of nitro benzene ring substituents is 1. The summed E-state index contributed by atoms with van der Waals surface area (Å²) in [4.78, 5) is 27.8. The third-order valence-corrected chi connectivity index (χ3v) is 5.80. The fourth-order valence-corrected chi connectivity index (χ4v) is 4.29. The summed E-state index contributed by atoms with van der Waals surface area (Å²) in [5.41, 5.74) is 3.92. The summed E-state index contributed by atoms with van der Waals surface area (Å²) in [6.07, 6.45) is 0. The van der Waals surface area contributed by atoms with E-state index < -0.39 is 0 Å². The van der Waals surface area contributed by atoms with Crippen molar-refractivity contribution in [2.45, 2.75) is 26.8 Å². The average molecular weight is 415 g/mol. The summed E-state index contributed by atoms with van der Waals surface area (Å²) in [5, 5.41) is 10.8. The van der Waals surface area contributed by atoms with Gasteiger partial charge >= 0.3 is 0 Å². The minimum absolute atomic E-state index is 0.0976. The SMILES string of the molecule is COC[C@@H](C)n1c(C)cc(C(=O)CN2CCN(c3ccc([N+](=O)[O-])cc3)CC2)c1C. The number of hydrogen-bond acceptors (Lipinski definition) is 6. The number of piperazine rings is 1. The van der Waals surface area contributed by atoms with Gasteiger partial charge in [-0.15, -0.1) is 0 Å². The molecule has 1 aromatic heterocycles. The first-order chi connectivity index (χ1) is 14.3. The van der Waals surface area contributed by atoms with Gasteiger partial charge in [0.15, 0.2) is 5.78 Å². The second kappa shape index (κ2) is 9.40. The molecule has 0 unspecified atom stereocenters. The van der Waals surface area contributed by atoms with E-state index in [-0.39, 0.29) is 22.4 Å². The summed E-state index contributed by atoms with van der Waals surface area (Å²) in [5.74, 6) is 0.141. The molecule has 0 N–H and O–H groups in total. The highest BCUT2D eigenvalue weighted by molar-refractivity contribution is 5.99. The fraction of sp³-hybridized carbons (Fsp3) is 0.500. The van der Waals surface area contributed by atoms with Crippen molar-refractivity contribution in [2.75, 3.05) is 51.3 Å². The molecule has 162 valence electrons. The molecule has 1 aromatic carbocycles. The maximum absolute atomic E-state index is 13.0. The number of methoxy groups -OCH3 is 1. The van der Waals surface area contributed by atoms with Crippen molar-refractivity contribution in [1.82, 2.24) is 9.47 Å². The Hall–Kier alpha value is -2.71. The van der Waals surface area contributed by atoms with Gasteiger partial charge in [-0.25, -0.2) is 0 Å². The normalized spacial score (nSPS) is 15.9. The lowest BCUT2D eigenvalue weighted by Crippen LogP contribution is -2.48. The van der Waals surface area contributed by atoms with Gasteiger partial charge < -0.3 is 14.2 Å². The van der Waals surface area contributed by atoms with E-state index in [1.165, 1.54) is 12.1 Å². The molecular formula is C22H30N4O4. The Bertz CT molecular complexity index is 899. The van der Waals surface area contributed by atoms with Crippen LogP contribution < -0.4 is 4.90 Å². The van der Waals surface area contributed by atoms with Crippen LogP contribution in [-0.4, -0.2) is 66.6 Å². The van der Waals surface area contributed by atoms with E-state index in [1.807, 2.05) is 19.9 Å².